The summed E-state index contributed by atoms with van der Waals surface area (Å²) in [6, 6.07) is 3.68. The van der Waals surface area contributed by atoms with Crippen LogP contribution in [0.25, 0.3) is 0 Å². The Kier molecular flexibility index (Phi) is 5.83. The first-order valence-electron chi connectivity index (χ1n) is 6.86. The summed E-state index contributed by atoms with van der Waals surface area (Å²) < 4.78 is 0. The lowest BCUT2D eigenvalue weighted by molar-refractivity contribution is 0.0947. The van der Waals surface area contributed by atoms with Crippen molar-refractivity contribution in [3.8, 4) is 0 Å². The average Bonchev–Trinajstić information content (AvgIpc) is 2.33. The van der Waals surface area contributed by atoms with E-state index in [1.807, 2.05) is 26.0 Å². The van der Waals surface area contributed by atoms with E-state index >= 15 is 0 Å². The van der Waals surface area contributed by atoms with Gasteiger partial charge in [-0.3, -0.25) is 4.79 Å². The van der Waals surface area contributed by atoms with Crippen molar-refractivity contribution >= 4 is 11.6 Å². The van der Waals surface area contributed by atoms with Crippen LogP contribution < -0.4 is 11.1 Å². The normalized spacial score (nSPS) is 10.8. The molecule has 0 bridgehead atoms. The van der Waals surface area contributed by atoms with Crippen molar-refractivity contribution in [2.24, 2.45) is 0 Å². The molecule has 106 valence electrons. The van der Waals surface area contributed by atoms with E-state index in [-0.39, 0.29) is 5.91 Å². The van der Waals surface area contributed by atoms with Gasteiger partial charge in [0, 0.05) is 24.3 Å². The number of aryl methyl sites for hydroxylation is 2. The Balaban J connectivity index is 2.64. The Morgan fingerprint density at radius 3 is 2.21 bits per heavy atom. The molecule has 1 aromatic rings. The van der Waals surface area contributed by atoms with E-state index in [1.54, 1.807) is 0 Å². The third-order valence-corrected chi connectivity index (χ3v) is 3.39. The molecule has 0 saturated heterocycles. The molecule has 0 aliphatic carbocycles. The summed E-state index contributed by atoms with van der Waals surface area (Å²) >= 11 is 0. The molecule has 19 heavy (non-hydrogen) atoms. The summed E-state index contributed by atoms with van der Waals surface area (Å²) in [5.41, 5.74) is 9.07. The van der Waals surface area contributed by atoms with Crippen molar-refractivity contribution in [3.05, 3.63) is 28.8 Å². The molecule has 3 N–H and O–H groups in total. The first-order valence-corrected chi connectivity index (χ1v) is 6.86. The zero-order chi connectivity index (χ0) is 14.4. The van der Waals surface area contributed by atoms with Crippen LogP contribution in [0.3, 0.4) is 0 Å². The largest absolute Gasteiger partial charge is 0.399 e. The number of likely N-dealkylation sites (N-methyl/N-ethyl adjacent to an activating group) is 1. The number of nitrogens with two attached hydrogens (primary N) is 1. The van der Waals surface area contributed by atoms with Crippen molar-refractivity contribution in [1.29, 1.82) is 0 Å². The van der Waals surface area contributed by atoms with Crippen molar-refractivity contribution < 1.29 is 4.79 Å². The van der Waals surface area contributed by atoms with E-state index in [9.17, 15) is 4.79 Å². The van der Waals surface area contributed by atoms with Gasteiger partial charge in [-0.1, -0.05) is 13.8 Å². The summed E-state index contributed by atoms with van der Waals surface area (Å²) in [5.74, 6) is -0.0119. The fourth-order valence-electron chi connectivity index (χ4n) is 2.31. The lowest BCUT2D eigenvalue weighted by atomic mass is 10.0. The van der Waals surface area contributed by atoms with Gasteiger partial charge in [0.05, 0.1) is 0 Å². The molecule has 0 spiro atoms. The molecule has 0 radical (unpaired) electrons. The Morgan fingerprint density at radius 2 is 1.74 bits per heavy atom. The Labute approximate surface area is 116 Å². The molecule has 0 aliphatic heterocycles. The molecule has 4 nitrogen and oxygen atoms in total. The third-order valence-electron chi connectivity index (χ3n) is 3.39. The summed E-state index contributed by atoms with van der Waals surface area (Å²) in [5, 5.41) is 2.98. The molecule has 0 fully saturated rings. The molecule has 0 atom stereocenters. The number of rotatable bonds is 6. The highest BCUT2D eigenvalue weighted by Crippen LogP contribution is 2.17. The Hall–Kier alpha value is -1.55. The Morgan fingerprint density at radius 1 is 1.21 bits per heavy atom. The lowest BCUT2D eigenvalue weighted by Crippen LogP contribution is -2.35. The number of nitrogen functional groups attached to an aromatic ring is 1. The highest BCUT2D eigenvalue weighted by molar-refractivity contribution is 5.97. The number of anilines is 1. The fourth-order valence-corrected chi connectivity index (χ4v) is 2.31. The number of nitrogens with zero attached hydrogens (tertiary/aromatic N) is 1. The van der Waals surface area contributed by atoms with Gasteiger partial charge in [-0.25, -0.2) is 0 Å². The molecule has 0 aliphatic rings. The topological polar surface area (TPSA) is 58.4 Å². The highest BCUT2D eigenvalue weighted by Gasteiger charge is 2.12. The van der Waals surface area contributed by atoms with E-state index in [0.29, 0.717) is 12.2 Å². The van der Waals surface area contributed by atoms with Crippen molar-refractivity contribution in [1.82, 2.24) is 10.2 Å². The minimum atomic E-state index is -0.0119. The van der Waals surface area contributed by atoms with E-state index in [0.717, 1.165) is 36.3 Å². The minimum Gasteiger partial charge on any atom is -0.399 e. The zero-order valence-electron chi connectivity index (χ0n) is 12.4. The summed E-state index contributed by atoms with van der Waals surface area (Å²) in [6.07, 6.45) is 0. The molecule has 1 amide bonds. The number of benzene rings is 1. The maximum Gasteiger partial charge on any atom is 0.251 e. The van der Waals surface area contributed by atoms with Crippen LogP contribution in [0, 0.1) is 13.8 Å². The van der Waals surface area contributed by atoms with Crippen LogP contribution in [0.2, 0.25) is 0 Å². The van der Waals surface area contributed by atoms with Gasteiger partial charge in [-0.15, -0.1) is 0 Å². The SMILES string of the molecule is CCN(CC)CCNC(=O)c1c(C)cc(N)cc1C. The van der Waals surface area contributed by atoms with Crippen molar-refractivity contribution in [2.75, 3.05) is 31.9 Å². The second-order valence-corrected chi connectivity index (χ2v) is 4.81. The van der Waals surface area contributed by atoms with Gasteiger partial charge in [0.1, 0.15) is 0 Å². The summed E-state index contributed by atoms with van der Waals surface area (Å²) in [6.45, 7) is 11.7. The number of nitrogens with one attached hydrogen (secondary N) is 1. The van der Waals surface area contributed by atoms with E-state index < -0.39 is 0 Å². The Bertz CT molecular complexity index is 416. The number of carbonyl (C=O) groups excluding carboxylic acids is 1. The van der Waals surface area contributed by atoms with Crippen LogP contribution in [-0.4, -0.2) is 37.0 Å². The zero-order valence-corrected chi connectivity index (χ0v) is 12.4. The van der Waals surface area contributed by atoms with Crippen LogP contribution >= 0.6 is 0 Å². The van der Waals surface area contributed by atoms with E-state index in [1.165, 1.54) is 0 Å². The first-order chi connectivity index (χ1) is 8.99. The van der Waals surface area contributed by atoms with Crippen LogP contribution in [0.5, 0.6) is 0 Å². The van der Waals surface area contributed by atoms with Crippen molar-refractivity contribution in [2.45, 2.75) is 27.7 Å². The molecule has 1 rings (SSSR count). The fraction of sp³-hybridized carbons (Fsp3) is 0.533. The molecule has 0 saturated carbocycles. The number of carbonyl (C=O) groups is 1. The third kappa shape index (κ3) is 4.24. The maximum atomic E-state index is 12.2. The number of amides is 1. The second-order valence-electron chi connectivity index (χ2n) is 4.81. The van der Waals surface area contributed by atoms with Gasteiger partial charge < -0.3 is 16.0 Å². The van der Waals surface area contributed by atoms with E-state index in [4.69, 9.17) is 5.73 Å². The smallest absolute Gasteiger partial charge is 0.251 e. The lowest BCUT2D eigenvalue weighted by Gasteiger charge is -2.18. The summed E-state index contributed by atoms with van der Waals surface area (Å²) in [7, 11) is 0. The second kappa shape index (κ2) is 7.14. The first kappa shape index (κ1) is 15.5. The molecule has 1 aromatic carbocycles. The molecular weight excluding hydrogens is 238 g/mol. The molecule has 0 aromatic heterocycles. The quantitative estimate of drug-likeness (QED) is 0.771. The molecule has 0 heterocycles. The van der Waals surface area contributed by atoms with Gasteiger partial charge >= 0.3 is 0 Å². The van der Waals surface area contributed by atoms with Gasteiger partial charge in [-0.2, -0.15) is 0 Å². The molecule has 4 heteroatoms. The van der Waals surface area contributed by atoms with Gasteiger partial charge in [0.15, 0.2) is 0 Å². The predicted octanol–water partition coefficient (Wildman–Crippen LogP) is 1.96. The van der Waals surface area contributed by atoms with Crippen LogP contribution in [0.15, 0.2) is 12.1 Å². The van der Waals surface area contributed by atoms with Crippen LogP contribution in [0.1, 0.15) is 35.3 Å². The predicted molar refractivity (Wildman–Crippen MR) is 80.4 cm³/mol. The molecular formula is C15H25N3O. The highest BCUT2D eigenvalue weighted by atomic mass is 16.1. The minimum absolute atomic E-state index is 0.0119. The average molecular weight is 263 g/mol. The number of hydrogen-bond donors (Lipinski definition) is 2. The maximum absolute atomic E-state index is 12.2. The van der Waals surface area contributed by atoms with Crippen LogP contribution in [-0.2, 0) is 0 Å². The monoisotopic (exact) mass is 263 g/mol. The van der Waals surface area contributed by atoms with Gasteiger partial charge in [-0.05, 0) is 50.2 Å². The summed E-state index contributed by atoms with van der Waals surface area (Å²) in [4.78, 5) is 14.5. The van der Waals surface area contributed by atoms with Crippen molar-refractivity contribution in [3.63, 3.8) is 0 Å². The van der Waals surface area contributed by atoms with Crippen LogP contribution in [0.4, 0.5) is 5.69 Å². The van der Waals surface area contributed by atoms with Gasteiger partial charge in [0.2, 0.25) is 0 Å². The molecule has 0 unspecified atom stereocenters. The van der Waals surface area contributed by atoms with E-state index in [2.05, 4.69) is 24.1 Å². The number of hydrogen-bond acceptors (Lipinski definition) is 3. The van der Waals surface area contributed by atoms with Gasteiger partial charge in [0.25, 0.3) is 5.91 Å². The standard InChI is InChI=1S/C15H25N3O/c1-5-18(6-2)8-7-17-15(19)14-11(3)9-13(16)10-12(14)4/h9-10H,5-8,16H2,1-4H3,(H,17,19).